The van der Waals surface area contributed by atoms with E-state index in [0.717, 1.165) is 23.3 Å². The summed E-state index contributed by atoms with van der Waals surface area (Å²) in [5.41, 5.74) is 2.56. The van der Waals surface area contributed by atoms with Crippen molar-refractivity contribution in [2.75, 3.05) is 6.54 Å². The van der Waals surface area contributed by atoms with Crippen molar-refractivity contribution in [1.29, 1.82) is 0 Å². The third-order valence-corrected chi connectivity index (χ3v) is 6.22. The number of likely N-dealkylation sites (tertiary alicyclic amines) is 1. The molecule has 0 saturated carbocycles. The van der Waals surface area contributed by atoms with Crippen molar-refractivity contribution < 1.29 is 23.8 Å². The van der Waals surface area contributed by atoms with E-state index in [9.17, 15) is 14.7 Å². The summed E-state index contributed by atoms with van der Waals surface area (Å²) in [6.07, 6.45) is 1.37. The van der Waals surface area contributed by atoms with Gasteiger partial charge in [0, 0.05) is 18.5 Å². The lowest BCUT2D eigenvalue weighted by Crippen LogP contribution is -2.31. The molecule has 33 heavy (non-hydrogen) atoms. The van der Waals surface area contributed by atoms with Crippen molar-refractivity contribution in [2.45, 2.75) is 38.8 Å². The van der Waals surface area contributed by atoms with Crippen LogP contribution in [-0.2, 0) is 22.4 Å². The number of carbonyl (C=O) groups is 2. The smallest absolute Gasteiger partial charge is 0.295 e. The number of hydrogen-bond acceptors (Lipinski definition) is 5. The molecule has 168 valence electrons. The Balaban J connectivity index is 1.55. The highest BCUT2D eigenvalue weighted by Crippen LogP contribution is 2.41. The fourth-order valence-electron chi connectivity index (χ4n) is 4.63. The highest BCUT2D eigenvalue weighted by atomic mass is 16.5. The molecule has 0 bridgehead atoms. The Hall–Kier alpha value is -3.80. The van der Waals surface area contributed by atoms with Crippen LogP contribution >= 0.6 is 0 Å². The number of aliphatic hydroxyl groups excluding tert-OH is 1. The highest BCUT2D eigenvalue weighted by Gasteiger charge is 2.47. The quantitative estimate of drug-likeness (QED) is 0.355. The molecule has 1 saturated heterocycles. The first-order valence-corrected chi connectivity index (χ1v) is 11.1. The van der Waals surface area contributed by atoms with Gasteiger partial charge in [-0.3, -0.25) is 9.59 Å². The van der Waals surface area contributed by atoms with E-state index in [0.29, 0.717) is 30.0 Å². The van der Waals surface area contributed by atoms with Crippen molar-refractivity contribution in [1.82, 2.24) is 4.90 Å². The summed E-state index contributed by atoms with van der Waals surface area (Å²) in [6.45, 7) is 4.11. The number of furan rings is 1. The standard InChI is InChI=1S/C27H25NO5/c1-16-8-10-22(32-16)24-23(25(29)19-9-11-21-20(15-19)14-17(2)33-21)26(30)27(31)28(24)13-12-18-6-4-3-5-7-18/h3-11,15,17,24,29H,12-14H2,1-2H3/b25-23+/t17-,24+/m1/s1. The van der Waals surface area contributed by atoms with Gasteiger partial charge in [-0.25, -0.2) is 0 Å². The molecular weight excluding hydrogens is 418 g/mol. The van der Waals surface area contributed by atoms with Crippen LogP contribution in [0.4, 0.5) is 0 Å². The molecule has 2 aliphatic heterocycles. The van der Waals surface area contributed by atoms with Crippen LogP contribution in [0.5, 0.6) is 5.75 Å². The molecule has 1 aromatic heterocycles. The van der Waals surface area contributed by atoms with E-state index in [1.54, 1.807) is 31.2 Å². The topological polar surface area (TPSA) is 80.0 Å². The second-order valence-corrected chi connectivity index (χ2v) is 8.63. The van der Waals surface area contributed by atoms with E-state index in [-0.39, 0.29) is 17.4 Å². The molecule has 1 N–H and O–H groups in total. The van der Waals surface area contributed by atoms with Crippen LogP contribution in [0.2, 0.25) is 0 Å². The third-order valence-electron chi connectivity index (χ3n) is 6.22. The minimum atomic E-state index is -0.786. The molecule has 0 spiro atoms. The summed E-state index contributed by atoms with van der Waals surface area (Å²) in [5, 5.41) is 11.2. The molecule has 6 heteroatoms. The lowest BCUT2D eigenvalue weighted by molar-refractivity contribution is -0.140. The first-order chi connectivity index (χ1) is 15.9. The number of ether oxygens (including phenoxy) is 1. The van der Waals surface area contributed by atoms with E-state index in [2.05, 4.69) is 0 Å². The van der Waals surface area contributed by atoms with Gasteiger partial charge in [-0.05, 0) is 61.7 Å². The lowest BCUT2D eigenvalue weighted by Gasteiger charge is -2.23. The van der Waals surface area contributed by atoms with Crippen molar-refractivity contribution in [3.05, 3.63) is 94.4 Å². The number of aliphatic hydroxyl groups is 1. The molecule has 0 aliphatic carbocycles. The molecular formula is C27H25NO5. The van der Waals surface area contributed by atoms with Crippen LogP contribution in [0.1, 0.15) is 41.2 Å². The van der Waals surface area contributed by atoms with Gasteiger partial charge in [0.05, 0.1) is 5.57 Å². The first-order valence-electron chi connectivity index (χ1n) is 11.1. The van der Waals surface area contributed by atoms with E-state index >= 15 is 0 Å². The average Bonchev–Trinajstić information content (AvgIpc) is 3.47. The van der Waals surface area contributed by atoms with Crippen LogP contribution in [-0.4, -0.2) is 34.3 Å². The zero-order chi connectivity index (χ0) is 23.1. The van der Waals surface area contributed by atoms with Crippen molar-refractivity contribution in [3.8, 4) is 5.75 Å². The number of carbonyl (C=O) groups excluding carboxylic acids is 2. The van der Waals surface area contributed by atoms with Gasteiger partial charge in [-0.1, -0.05) is 30.3 Å². The number of rotatable bonds is 5. The molecule has 1 fully saturated rings. The predicted octanol–water partition coefficient (Wildman–Crippen LogP) is 4.58. The maximum absolute atomic E-state index is 13.1. The van der Waals surface area contributed by atoms with Crippen LogP contribution in [0.25, 0.3) is 5.76 Å². The van der Waals surface area contributed by atoms with Gasteiger partial charge in [0.1, 0.15) is 35.2 Å². The van der Waals surface area contributed by atoms with Crippen LogP contribution in [0, 0.1) is 6.92 Å². The number of aryl methyl sites for hydroxylation is 1. The van der Waals surface area contributed by atoms with Gasteiger partial charge >= 0.3 is 0 Å². The summed E-state index contributed by atoms with van der Waals surface area (Å²) in [7, 11) is 0. The number of nitrogens with zero attached hydrogens (tertiary/aromatic N) is 1. The minimum Gasteiger partial charge on any atom is -0.507 e. The zero-order valence-corrected chi connectivity index (χ0v) is 18.6. The number of hydrogen-bond donors (Lipinski definition) is 1. The number of Topliss-reactive ketones (excluding diaryl/α,β-unsaturated/α-hetero) is 1. The van der Waals surface area contributed by atoms with E-state index < -0.39 is 17.7 Å². The molecule has 3 heterocycles. The summed E-state index contributed by atoms with van der Waals surface area (Å²) in [6, 6.07) is 17.9. The van der Waals surface area contributed by atoms with Crippen molar-refractivity contribution in [2.24, 2.45) is 0 Å². The molecule has 2 aromatic carbocycles. The third kappa shape index (κ3) is 3.82. The Kier molecular flexibility index (Phi) is 5.29. The summed E-state index contributed by atoms with van der Waals surface area (Å²) < 4.78 is 11.6. The monoisotopic (exact) mass is 443 g/mol. The predicted molar refractivity (Wildman–Crippen MR) is 123 cm³/mol. The fourth-order valence-corrected chi connectivity index (χ4v) is 4.63. The summed E-state index contributed by atoms with van der Waals surface area (Å²) in [5.74, 6) is 0.369. The maximum Gasteiger partial charge on any atom is 0.295 e. The summed E-state index contributed by atoms with van der Waals surface area (Å²) in [4.78, 5) is 27.7. The molecule has 0 unspecified atom stereocenters. The Morgan fingerprint density at radius 2 is 1.88 bits per heavy atom. The molecule has 3 aromatic rings. The lowest BCUT2D eigenvalue weighted by atomic mass is 9.97. The normalized spacial score (nSPS) is 21.3. The largest absolute Gasteiger partial charge is 0.507 e. The van der Waals surface area contributed by atoms with Gasteiger partial charge in [0.15, 0.2) is 0 Å². The second kappa shape index (κ2) is 8.28. The Labute approximate surface area is 192 Å². The second-order valence-electron chi connectivity index (χ2n) is 8.63. The average molecular weight is 443 g/mol. The number of benzene rings is 2. The van der Waals surface area contributed by atoms with Gasteiger partial charge in [0.25, 0.3) is 11.7 Å². The molecule has 6 nitrogen and oxygen atoms in total. The van der Waals surface area contributed by atoms with Gasteiger partial charge in [0.2, 0.25) is 0 Å². The number of fused-ring (bicyclic) bond motifs is 1. The van der Waals surface area contributed by atoms with Gasteiger partial charge in [-0.15, -0.1) is 0 Å². The van der Waals surface area contributed by atoms with Crippen LogP contribution in [0.15, 0.2) is 70.7 Å². The highest BCUT2D eigenvalue weighted by molar-refractivity contribution is 6.46. The van der Waals surface area contributed by atoms with E-state index in [4.69, 9.17) is 9.15 Å². The molecule has 2 atom stereocenters. The van der Waals surface area contributed by atoms with Crippen LogP contribution < -0.4 is 4.74 Å². The van der Waals surface area contributed by atoms with Gasteiger partial charge < -0.3 is 19.2 Å². The summed E-state index contributed by atoms with van der Waals surface area (Å²) >= 11 is 0. The Bertz CT molecular complexity index is 1260. The molecule has 5 rings (SSSR count). The number of amides is 1. The molecule has 1 amide bonds. The van der Waals surface area contributed by atoms with Gasteiger partial charge in [-0.2, -0.15) is 0 Å². The Morgan fingerprint density at radius 1 is 1.09 bits per heavy atom. The maximum atomic E-state index is 13.1. The van der Waals surface area contributed by atoms with E-state index in [1.807, 2.05) is 43.3 Å². The van der Waals surface area contributed by atoms with Crippen LogP contribution in [0.3, 0.4) is 0 Å². The SMILES string of the molecule is Cc1ccc([C@H]2/C(=C(\O)c3ccc4c(c3)C[C@@H](C)O4)C(=O)C(=O)N2CCc2ccccc2)o1. The minimum absolute atomic E-state index is 0.0503. The molecule has 2 aliphatic rings. The Morgan fingerprint density at radius 3 is 2.61 bits per heavy atom. The fraction of sp³-hybridized carbons (Fsp3) is 0.259. The molecule has 0 radical (unpaired) electrons. The zero-order valence-electron chi connectivity index (χ0n) is 18.6. The van der Waals surface area contributed by atoms with E-state index in [1.165, 1.54) is 4.90 Å². The first kappa shape index (κ1) is 21.1. The number of ketones is 1. The van der Waals surface area contributed by atoms with Crippen molar-refractivity contribution in [3.63, 3.8) is 0 Å². The van der Waals surface area contributed by atoms with Crippen molar-refractivity contribution >= 4 is 17.4 Å².